The van der Waals surface area contributed by atoms with Crippen molar-refractivity contribution in [2.24, 2.45) is 0 Å². The minimum absolute atomic E-state index is 0.231. The summed E-state index contributed by atoms with van der Waals surface area (Å²) in [5, 5.41) is 10.6. The first-order valence-corrected chi connectivity index (χ1v) is 5.69. The third-order valence-electron chi connectivity index (χ3n) is 3.26. The van der Waals surface area contributed by atoms with Crippen LogP contribution in [-0.2, 0) is 9.47 Å². The van der Waals surface area contributed by atoms with Crippen molar-refractivity contribution in [1.29, 1.82) is 0 Å². The van der Waals surface area contributed by atoms with Gasteiger partial charge in [0.05, 0.1) is 30.7 Å². The summed E-state index contributed by atoms with van der Waals surface area (Å²) in [7, 11) is 0. The summed E-state index contributed by atoms with van der Waals surface area (Å²) in [6, 6.07) is 0. The van der Waals surface area contributed by atoms with E-state index in [4.69, 9.17) is 9.47 Å². The first-order chi connectivity index (χ1) is 7.02. The summed E-state index contributed by atoms with van der Waals surface area (Å²) in [5.74, 6) is 0. The zero-order chi connectivity index (χ0) is 10.9. The maximum atomic E-state index is 10.6. The molecule has 0 amide bonds. The van der Waals surface area contributed by atoms with Crippen LogP contribution in [0.4, 0.5) is 0 Å². The number of hydrogen-bond acceptors (Lipinski definition) is 3. The number of aliphatic hydroxyl groups is 1. The monoisotopic (exact) mass is 212 g/mol. The lowest BCUT2D eigenvalue weighted by Gasteiger charge is -2.43. The summed E-state index contributed by atoms with van der Waals surface area (Å²) < 4.78 is 10.9. The molecule has 0 aromatic heterocycles. The van der Waals surface area contributed by atoms with Crippen molar-refractivity contribution in [3.8, 4) is 0 Å². The fraction of sp³-hybridized carbons (Fsp3) is 0.833. The summed E-state index contributed by atoms with van der Waals surface area (Å²) in [4.78, 5) is 0. The molecule has 1 atom stereocenters. The van der Waals surface area contributed by atoms with Crippen molar-refractivity contribution < 1.29 is 14.6 Å². The van der Waals surface area contributed by atoms with E-state index in [1.807, 2.05) is 13.8 Å². The first-order valence-electron chi connectivity index (χ1n) is 5.69. The molecule has 0 aliphatic carbocycles. The van der Waals surface area contributed by atoms with Gasteiger partial charge in [0.25, 0.3) is 0 Å². The Bertz CT molecular complexity index is 270. The quantitative estimate of drug-likeness (QED) is 0.722. The lowest BCUT2D eigenvalue weighted by Crippen LogP contribution is -2.47. The van der Waals surface area contributed by atoms with Crippen LogP contribution in [0.15, 0.2) is 11.8 Å². The standard InChI is InChI=1S/C12H20O3/c1-11(2)9-12(13,5-7-15-11)10-4-3-6-14-8-10/h8,13H,3-7,9H2,1-2H3. The molecule has 1 unspecified atom stereocenters. The Balaban J connectivity index is 2.14. The molecule has 0 bridgehead atoms. The predicted molar refractivity (Wildman–Crippen MR) is 57.5 cm³/mol. The Morgan fingerprint density at radius 2 is 2.13 bits per heavy atom. The van der Waals surface area contributed by atoms with E-state index in [1.165, 1.54) is 0 Å². The Hall–Kier alpha value is -0.540. The van der Waals surface area contributed by atoms with Gasteiger partial charge in [0.1, 0.15) is 0 Å². The second kappa shape index (κ2) is 3.80. The van der Waals surface area contributed by atoms with E-state index in [-0.39, 0.29) is 5.60 Å². The van der Waals surface area contributed by atoms with Crippen LogP contribution < -0.4 is 0 Å². The fourth-order valence-electron chi connectivity index (χ4n) is 2.52. The number of ether oxygens (including phenoxy) is 2. The second-order valence-corrected chi connectivity index (χ2v) is 5.18. The maximum absolute atomic E-state index is 10.6. The van der Waals surface area contributed by atoms with Crippen molar-refractivity contribution >= 4 is 0 Å². The Kier molecular flexibility index (Phi) is 2.77. The van der Waals surface area contributed by atoms with Gasteiger partial charge in [-0.05, 0) is 32.3 Å². The molecule has 2 aliphatic heterocycles. The van der Waals surface area contributed by atoms with Gasteiger partial charge >= 0.3 is 0 Å². The lowest BCUT2D eigenvalue weighted by atomic mass is 9.77. The van der Waals surface area contributed by atoms with Gasteiger partial charge in [-0.15, -0.1) is 0 Å². The van der Waals surface area contributed by atoms with E-state index in [0.29, 0.717) is 19.4 Å². The van der Waals surface area contributed by atoms with Gasteiger partial charge in [-0.3, -0.25) is 0 Å². The lowest BCUT2D eigenvalue weighted by molar-refractivity contribution is -0.131. The van der Waals surface area contributed by atoms with Crippen LogP contribution >= 0.6 is 0 Å². The number of rotatable bonds is 1. The van der Waals surface area contributed by atoms with Crippen molar-refractivity contribution in [1.82, 2.24) is 0 Å². The molecule has 3 nitrogen and oxygen atoms in total. The molecule has 1 saturated heterocycles. The molecule has 15 heavy (non-hydrogen) atoms. The molecular weight excluding hydrogens is 192 g/mol. The van der Waals surface area contributed by atoms with Gasteiger partial charge in [0.15, 0.2) is 0 Å². The molecule has 0 saturated carbocycles. The van der Waals surface area contributed by atoms with Crippen LogP contribution in [-0.4, -0.2) is 29.5 Å². The van der Waals surface area contributed by atoms with E-state index in [0.717, 1.165) is 25.0 Å². The van der Waals surface area contributed by atoms with Gasteiger partial charge in [-0.1, -0.05) is 0 Å². The molecule has 1 fully saturated rings. The highest BCUT2D eigenvalue weighted by Crippen LogP contribution is 2.39. The van der Waals surface area contributed by atoms with Crippen molar-refractivity contribution in [2.45, 2.75) is 50.7 Å². The summed E-state index contributed by atoms with van der Waals surface area (Å²) >= 11 is 0. The maximum Gasteiger partial charge on any atom is 0.0938 e. The van der Waals surface area contributed by atoms with E-state index in [2.05, 4.69) is 0 Å². The first kappa shape index (κ1) is 11.0. The topological polar surface area (TPSA) is 38.7 Å². The van der Waals surface area contributed by atoms with Gasteiger partial charge < -0.3 is 14.6 Å². The van der Waals surface area contributed by atoms with E-state index >= 15 is 0 Å². The summed E-state index contributed by atoms with van der Waals surface area (Å²) in [6.07, 6.45) is 5.06. The molecular formula is C12H20O3. The van der Waals surface area contributed by atoms with Crippen LogP contribution in [0.25, 0.3) is 0 Å². The van der Waals surface area contributed by atoms with Gasteiger partial charge in [0.2, 0.25) is 0 Å². The SMILES string of the molecule is CC1(C)CC(O)(C2=COCCC2)CCO1. The summed E-state index contributed by atoms with van der Waals surface area (Å²) in [6.45, 7) is 5.46. The van der Waals surface area contributed by atoms with Crippen molar-refractivity contribution in [3.63, 3.8) is 0 Å². The highest BCUT2D eigenvalue weighted by Gasteiger charge is 2.42. The average molecular weight is 212 g/mol. The van der Waals surface area contributed by atoms with Gasteiger partial charge in [-0.25, -0.2) is 0 Å². The molecule has 0 spiro atoms. The molecule has 2 aliphatic rings. The fourth-order valence-corrected chi connectivity index (χ4v) is 2.52. The molecule has 86 valence electrons. The smallest absolute Gasteiger partial charge is 0.0938 e. The minimum Gasteiger partial charge on any atom is -0.501 e. The van der Waals surface area contributed by atoms with Crippen molar-refractivity contribution in [2.75, 3.05) is 13.2 Å². The Morgan fingerprint density at radius 1 is 1.33 bits per heavy atom. The average Bonchev–Trinajstić information content (AvgIpc) is 2.17. The van der Waals surface area contributed by atoms with Crippen LogP contribution in [0.3, 0.4) is 0 Å². The largest absolute Gasteiger partial charge is 0.501 e. The van der Waals surface area contributed by atoms with Crippen molar-refractivity contribution in [3.05, 3.63) is 11.8 Å². The molecule has 0 aromatic rings. The highest BCUT2D eigenvalue weighted by molar-refractivity contribution is 5.18. The third-order valence-corrected chi connectivity index (χ3v) is 3.26. The highest BCUT2D eigenvalue weighted by atomic mass is 16.5. The van der Waals surface area contributed by atoms with E-state index in [9.17, 15) is 5.11 Å². The Morgan fingerprint density at radius 3 is 2.73 bits per heavy atom. The van der Waals surface area contributed by atoms with Crippen LogP contribution in [0.1, 0.15) is 39.5 Å². The van der Waals surface area contributed by atoms with Gasteiger partial charge in [0, 0.05) is 12.8 Å². The summed E-state index contributed by atoms with van der Waals surface area (Å²) in [5.41, 5.74) is 0.109. The molecule has 3 heteroatoms. The molecule has 1 N–H and O–H groups in total. The third kappa shape index (κ3) is 2.34. The minimum atomic E-state index is -0.706. The van der Waals surface area contributed by atoms with Crippen LogP contribution in [0.2, 0.25) is 0 Å². The molecule has 2 rings (SSSR count). The zero-order valence-corrected chi connectivity index (χ0v) is 9.58. The normalized spacial score (nSPS) is 35.5. The van der Waals surface area contributed by atoms with Crippen LogP contribution in [0, 0.1) is 0 Å². The van der Waals surface area contributed by atoms with E-state index in [1.54, 1.807) is 6.26 Å². The molecule has 2 heterocycles. The van der Waals surface area contributed by atoms with E-state index < -0.39 is 5.60 Å². The zero-order valence-electron chi connectivity index (χ0n) is 9.58. The molecule has 0 radical (unpaired) electrons. The van der Waals surface area contributed by atoms with Gasteiger partial charge in [-0.2, -0.15) is 0 Å². The number of hydrogen-bond donors (Lipinski definition) is 1. The molecule has 0 aromatic carbocycles. The predicted octanol–water partition coefficient (Wildman–Crippen LogP) is 2.00. The second-order valence-electron chi connectivity index (χ2n) is 5.18. The Labute approximate surface area is 91.1 Å². The van der Waals surface area contributed by atoms with Crippen LogP contribution in [0.5, 0.6) is 0 Å².